The van der Waals surface area contributed by atoms with Gasteiger partial charge < -0.3 is 19.5 Å². The van der Waals surface area contributed by atoms with Crippen molar-refractivity contribution in [3.05, 3.63) is 0 Å². The average molecular weight is 251 g/mol. The van der Waals surface area contributed by atoms with E-state index in [1.807, 2.05) is 0 Å². The largest absolute Gasteiger partial charge is 0.480 e. The molecule has 0 aliphatic carbocycles. The number of carboxylic acid groups (broad SMARTS) is 1. The summed E-state index contributed by atoms with van der Waals surface area (Å²) in [6, 6.07) is -0.555. The predicted molar refractivity (Wildman–Crippen MR) is 58.6 cm³/mol. The van der Waals surface area contributed by atoms with Crippen LogP contribution in [0.3, 0.4) is 0 Å². The Morgan fingerprint density at radius 1 is 1.50 bits per heavy atom. The van der Waals surface area contributed by atoms with E-state index in [-0.39, 0.29) is 12.1 Å². The molecule has 2 atom stereocenters. The molecule has 1 fully saturated rings. The summed E-state index contributed by atoms with van der Waals surface area (Å²) in [6.07, 6.45) is 1.54. The highest BCUT2D eigenvalue weighted by Crippen LogP contribution is 2.49. The Bertz CT molecular complexity index is 288. The Labute approximate surface area is 94.8 Å². The minimum atomic E-state index is -3.03. The van der Waals surface area contributed by atoms with Crippen LogP contribution in [0.25, 0.3) is 0 Å². The zero-order valence-corrected chi connectivity index (χ0v) is 10.4. The number of hydrogen-bond donors (Lipinski definition) is 2. The van der Waals surface area contributed by atoms with Crippen LogP contribution in [0, 0.1) is 5.92 Å². The van der Waals surface area contributed by atoms with E-state index in [1.165, 1.54) is 14.2 Å². The molecule has 1 rings (SSSR count). The molecule has 7 heteroatoms. The lowest BCUT2D eigenvalue weighted by Crippen LogP contribution is -2.44. The van der Waals surface area contributed by atoms with Gasteiger partial charge in [0.25, 0.3) is 0 Å². The second-order valence-electron chi connectivity index (χ2n) is 3.89. The third kappa shape index (κ3) is 3.56. The molecule has 0 aromatic rings. The van der Waals surface area contributed by atoms with E-state index in [9.17, 15) is 9.36 Å². The molecule has 1 aliphatic rings. The fourth-order valence-electron chi connectivity index (χ4n) is 1.89. The molecule has 94 valence electrons. The molecule has 0 aromatic carbocycles. The summed E-state index contributed by atoms with van der Waals surface area (Å²) in [5.41, 5.74) is 0. The summed E-state index contributed by atoms with van der Waals surface area (Å²) < 4.78 is 21.6. The topological polar surface area (TPSA) is 84.9 Å². The van der Waals surface area contributed by atoms with E-state index in [4.69, 9.17) is 14.2 Å². The molecule has 0 amide bonds. The third-order valence-corrected chi connectivity index (χ3v) is 4.92. The number of hydrogen-bond acceptors (Lipinski definition) is 5. The molecule has 0 saturated carbocycles. The molecule has 1 heterocycles. The van der Waals surface area contributed by atoms with Gasteiger partial charge in [-0.05, 0) is 25.3 Å². The Balaban J connectivity index is 2.55. The lowest BCUT2D eigenvalue weighted by Gasteiger charge is -2.29. The van der Waals surface area contributed by atoms with Crippen LogP contribution in [0.1, 0.15) is 12.8 Å². The monoisotopic (exact) mass is 251 g/mol. The first kappa shape index (κ1) is 13.6. The maximum atomic E-state index is 11.9. The van der Waals surface area contributed by atoms with Crippen molar-refractivity contribution in [3.8, 4) is 0 Å². The lowest BCUT2D eigenvalue weighted by atomic mass is 9.94. The van der Waals surface area contributed by atoms with Gasteiger partial charge in [-0.25, -0.2) is 0 Å². The van der Waals surface area contributed by atoms with Crippen LogP contribution in [0.2, 0.25) is 0 Å². The second kappa shape index (κ2) is 5.77. The predicted octanol–water partition coefficient (Wildman–Crippen LogP) is 0.925. The van der Waals surface area contributed by atoms with Crippen LogP contribution in [-0.2, 0) is 18.4 Å². The van der Waals surface area contributed by atoms with E-state index in [0.717, 1.165) is 6.42 Å². The number of carbonyl (C=O) groups is 1. The van der Waals surface area contributed by atoms with Gasteiger partial charge in [0.05, 0.1) is 6.16 Å². The van der Waals surface area contributed by atoms with E-state index in [0.29, 0.717) is 13.0 Å². The Morgan fingerprint density at radius 3 is 2.62 bits per heavy atom. The molecule has 0 radical (unpaired) electrons. The molecule has 0 spiro atoms. The quantitative estimate of drug-likeness (QED) is 0.707. The molecule has 1 saturated heterocycles. The Morgan fingerprint density at radius 2 is 2.12 bits per heavy atom. The van der Waals surface area contributed by atoms with Crippen molar-refractivity contribution in [2.45, 2.75) is 18.9 Å². The molecular weight excluding hydrogens is 233 g/mol. The van der Waals surface area contributed by atoms with Gasteiger partial charge in [-0.2, -0.15) is 0 Å². The van der Waals surface area contributed by atoms with Gasteiger partial charge in [0.2, 0.25) is 0 Å². The number of carboxylic acids is 1. The van der Waals surface area contributed by atoms with Crippen LogP contribution in [0.15, 0.2) is 0 Å². The molecule has 2 N–H and O–H groups in total. The normalized spacial score (nSPS) is 26.6. The highest BCUT2D eigenvalue weighted by atomic mass is 31.2. The molecule has 0 bridgehead atoms. The van der Waals surface area contributed by atoms with Gasteiger partial charge >= 0.3 is 13.6 Å². The van der Waals surface area contributed by atoms with Crippen molar-refractivity contribution in [1.29, 1.82) is 0 Å². The van der Waals surface area contributed by atoms with Crippen molar-refractivity contribution >= 4 is 13.6 Å². The first-order chi connectivity index (χ1) is 7.50. The van der Waals surface area contributed by atoms with Crippen molar-refractivity contribution in [2.24, 2.45) is 5.92 Å². The van der Waals surface area contributed by atoms with Crippen LogP contribution < -0.4 is 5.32 Å². The number of aliphatic carboxylic acids is 1. The minimum absolute atomic E-state index is 0.0630. The molecular formula is C9H18NO5P. The first-order valence-corrected chi connectivity index (χ1v) is 6.90. The Hall–Kier alpha value is -0.420. The fourth-order valence-corrected chi connectivity index (χ4v) is 3.30. The summed E-state index contributed by atoms with van der Waals surface area (Å²) in [6.45, 7) is 0.620. The third-order valence-electron chi connectivity index (χ3n) is 2.85. The van der Waals surface area contributed by atoms with Crippen LogP contribution in [0.4, 0.5) is 0 Å². The van der Waals surface area contributed by atoms with E-state index >= 15 is 0 Å². The van der Waals surface area contributed by atoms with Crippen LogP contribution in [-0.4, -0.2) is 44.0 Å². The van der Waals surface area contributed by atoms with Crippen molar-refractivity contribution in [3.63, 3.8) is 0 Å². The zero-order chi connectivity index (χ0) is 12.2. The van der Waals surface area contributed by atoms with Gasteiger partial charge in [-0.1, -0.05) is 0 Å². The van der Waals surface area contributed by atoms with Crippen LogP contribution >= 0.6 is 7.60 Å². The molecule has 1 aliphatic heterocycles. The molecule has 16 heavy (non-hydrogen) atoms. The average Bonchev–Trinajstić information content (AvgIpc) is 2.29. The smallest absolute Gasteiger partial charge is 0.330 e. The van der Waals surface area contributed by atoms with E-state index in [1.54, 1.807) is 0 Å². The van der Waals surface area contributed by atoms with Crippen LogP contribution in [0.5, 0.6) is 0 Å². The van der Waals surface area contributed by atoms with Gasteiger partial charge in [0.15, 0.2) is 0 Å². The highest BCUT2D eigenvalue weighted by Gasteiger charge is 2.32. The summed E-state index contributed by atoms with van der Waals surface area (Å²) in [5, 5.41) is 11.8. The SMILES string of the molecule is COP(=O)(C[C@H]1CCN[C@@H](C(=O)O)C1)OC. The van der Waals surface area contributed by atoms with Crippen molar-refractivity contribution in [1.82, 2.24) is 5.32 Å². The minimum Gasteiger partial charge on any atom is -0.480 e. The van der Waals surface area contributed by atoms with E-state index < -0.39 is 19.6 Å². The summed E-state index contributed by atoms with van der Waals surface area (Å²) >= 11 is 0. The second-order valence-corrected chi connectivity index (χ2v) is 6.21. The standard InChI is InChI=1S/C9H18NO5P/c1-14-16(13,15-2)6-7-3-4-10-8(5-7)9(11)12/h7-8,10H,3-6H2,1-2H3,(H,11,12)/t7-,8+/m0/s1. The zero-order valence-electron chi connectivity index (χ0n) is 9.51. The maximum absolute atomic E-state index is 11.9. The van der Waals surface area contributed by atoms with Crippen molar-refractivity contribution < 1.29 is 23.5 Å². The molecule has 0 aromatic heterocycles. The van der Waals surface area contributed by atoms with E-state index in [2.05, 4.69) is 5.32 Å². The maximum Gasteiger partial charge on any atom is 0.330 e. The number of rotatable bonds is 5. The molecule has 0 unspecified atom stereocenters. The fraction of sp³-hybridized carbons (Fsp3) is 0.889. The van der Waals surface area contributed by atoms with Gasteiger partial charge in [0, 0.05) is 14.2 Å². The summed E-state index contributed by atoms with van der Waals surface area (Å²) in [7, 11) is -0.333. The first-order valence-electron chi connectivity index (χ1n) is 5.17. The van der Waals surface area contributed by atoms with Gasteiger partial charge in [-0.3, -0.25) is 9.36 Å². The highest BCUT2D eigenvalue weighted by molar-refractivity contribution is 7.53. The Kier molecular flexibility index (Phi) is 4.92. The summed E-state index contributed by atoms with van der Waals surface area (Å²) in [4.78, 5) is 10.8. The van der Waals surface area contributed by atoms with Gasteiger partial charge in [-0.15, -0.1) is 0 Å². The number of nitrogens with one attached hydrogen (secondary N) is 1. The van der Waals surface area contributed by atoms with Gasteiger partial charge in [0.1, 0.15) is 6.04 Å². The molecule has 6 nitrogen and oxygen atoms in total. The van der Waals surface area contributed by atoms with Crippen molar-refractivity contribution in [2.75, 3.05) is 26.9 Å². The number of piperidine rings is 1. The lowest BCUT2D eigenvalue weighted by molar-refractivity contribution is -0.140. The summed E-state index contributed by atoms with van der Waals surface area (Å²) in [5.74, 6) is -0.803.